The molecule has 0 unspecified atom stereocenters. The summed E-state index contributed by atoms with van der Waals surface area (Å²) < 4.78 is 12.1. The van der Waals surface area contributed by atoms with Gasteiger partial charge in [0, 0.05) is 24.8 Å². The maximum atomic E-state index is 6.17. The first-order valence-corrected chi connectivity index (χ1v) is 8.12. The smallest absolute Gasteiger partial charge is 0.163 e. The highest BCUT2D eigenvalue weighted by Gasteiger charge is 2.19. The molecule has 0 bridgehead atoms. The van der Waals surface area contributed by atoms with Gasteiger partial charge in [-0.25, -0.2) is 0 Å². The number of nitrogen functional groups attached to an aromatic ring is 1. The summed E-state index contributed by atoms with van der Waals surface area (Å²) in [7, 11) is 2.15. The molecule has 1 fully saturated rings. The van der Waals surface area contributed by atoms with Gasteiger partial charge in [-0.15, -0.1) is 0 Å². The van der Waals surface area contributed by atoms with Gasteiger partial charge in [0.25, 0.3) is 0 Å². The van der Waals surface area contributed by atoms with Crippen LogP contribution in [0, 0.1) is 0 Å². The first kappa shape index (κ1) is 15.7. The molecule has 1 saturated heterocycles. The zero-order valence-corrected chi connectivity index (χ0v) is 13.6. The van der Waals surface area contributed by atoms with Gasteiger partial charge in [-0.1, -0.05) is 30.3 Å². The van der Waals surface area contributed by atoms with Crippen molar-refractivity contribution in [2.24, 2.45) is 0 Å². The summed E-state index contributed by atoms with van der Waals surface area (Å²) in [6.45, 7) is 2.65. The average molecular weight is 312 g/mol. The van der Waals surface area contributed by atoms with Crippen LogP contribution in [0.2, 0.25) is 0 Å². The van der Waals surface area contributed by atoms with Crippen LogP contribution in [0.4, 0.5) is 5.69 Å². The summed E-state index contributed by atoms with van der Waals surface area (Å²) >= 11 is 0. The van der Waals surface area contributed by atoms with E-state index in [0.717, 1.165) is 37.2 Å². The highest BCUT2D eigenvalue weighted by Crippen LogP contribution is 2.32. The van der Waals surface area contributed by atoms with Crippen molar-refractivity contribution < 1.29 is 9.47 Å². The highest BCUT2D eigenvalue weighted by atomic mass is 16.5. The van der Waals surface area contributed by atoms with Crippen LogP contribution in [-0.4, -0.2) is 31.1 Å². The number of likely N-dealkylation sites (tertiary alicyclic amines) is 1. The predicted molar refractivity (Wildman–Crippen MR) is 92.8 cm³/mol. The van der Waals surface area contributed by atoms with E-state index >= 15 is 0 Å². The first-order valence-electron chi connectivity index (χ1n) is 8.12. The van der Waals surface area contributed by atoms with Crippen LogP contribution in [0.5, 0.6) is 11.5 Å². The maximum Gasteiger partial charge on any atom is 0.163 e. The number of hydrogen-bond acceptors (Lipinski definition) is 4. The molecule has 0 atom stereocenters. The maximum absolute atomic E-state index is 6.17. The van der Waals surface area contributed by atoms with Gasteiger partial charge in [-0.2, -0.15) is 0 Å². The number of nitrogens with zero attached hydrogens (tertiary/aromatic N) is 1. The standard InChI is InChI=1S/C19H24N2O2/c1-21-11-9-17(10-12-21)23-18-8-7-16(20)13-19(18)22-14-15-5-3-2-4-6-15/h2-8,13,17H,9-12,14,20H2,1H3. The Morgan fingerprint density at radius 1 is 1.04 bits per heavy atom. The number of piperidine rings is 1. The molecule has 0 amide bonds. The van der Waals surface area contributed by atoms with Crippen molar-refractivity contribution in [1.82, 2.24) is 4.90 Å². The van der Waals surface area contributed by atoms with Crippen LogP contribution in [-0.2, 0) is 6.61 Å². The minimum absolute atomic E-state index is 0.244. The van der Waals surface area contributed by atoms with Crippen molar-refractivity contribution in [3.05, 3.63) is 54.1 Å². The summed E-state index contributed by atoms with van der Waals surface area (Å²) in [5.41, 5.74) is 7.71. The van der Waals surface area contributed by atoms with Gasteiger partial charge in [-0.3, -0.25) is 0 Å². The molecule has 0 spiro atoms. The normalized spacial score (nSPS) is 16.2. The van der Waals surface area contributed by atoms with Gasteiger partial charge in [-0.05, 0) is 37.6 Å². The topological polar surface area (TPSA) is 47.7 Å². The fraction of sp³-hybridized carbons (Fsp3) is 0.368. The molecule has 2 aromatic rings. The number of nitrogens with two attached hydrogens (primary N) is 1. The molecule has 2 N–H and O–H groups in total. The first-order chi connectivity index (χ1) is 11.2. The molecule has 2 aromatic carbocycles. The lowest BCUT2D eigenvalue weighted by atomic mass is 10.1. The monoisotopic (exact) mass is 312 g/mol. The molecule has 1 aliphatic rings. The Kier molecular flexibility index (Phi) is 5.03. The van der Waals surface area contributed by atoms with E-state index in [1.807, 2.05) is 48.5 Å². The molecule has 0 aliphatic carbocycles. The summed E-state index contributed by atoms with van der Waals surface area (Å²) in [4.78, 5) is 2.33. The highest BCUT2D eigenvalue weighted by molar-refractivity contribution is 5.52. The van der Waals surface area contributed by atoms with Crippen molar-refractivity contribution in [2.75, 3.05) is 25.9 Å². The lowest BCUT2D eigenvalue weighted by molar-refractivity contribution is 0.109. The second-order valence-electron chi connectivity index (χ2n) is 6.10. The Bertz CT molecular complexity index is 623. The minimum Gasteiger partial charge on any atom is -0.486 e. The Morgan fingerprint density at radius 3 is 2.52 bits per heavy atom. The number of ether oxygens (including phenoxy) is 2. The van der Waals surface area contributed by atoms with E-state index in [9.17, 15) is 0 Å². The molecule has 122 valence electrons. The molecule has 0 aromatic heterocycles. The van der Waals surface area contributed by atoms with Gasteiger partial charge in [0.2, 0.25) is 0 Å². The molecule has 0 saturated carbocycles. The summed E-state index contributed by atoms with van der Waals surface area (Å²) in [5, 5.41) is 0. The molecule has 1 heterocycles. The molecular formula is C19H24N2O2. The van der Waals surface area contributed by atoms with Gasteiger partial charge in [0.15, 0.2) is 11.5 Å². The lowest BCUT2D eigenvalue weighted by Gasteiger charge is -2.29. The summed E-state index contributed by atoms with van der Waals surface area (Å²) in [6, 6.07) is 15.7. The molecule has 23 heavy (non-hydrogen) atoms. The number of rotatable bonds is 5. The third kappa shape index (κ3) is 4.39. The summed E-state index contributed by atoms with van der Waals surface area (Å²) in [6.07, 6.45) is 2.33. The Labute approximate surface area is 137 Å². The zero-order chi connectivity index (χ0) is 16.1. The quantitative estimate of drug-likeness (QED) is 0.860. The van der Waals surface area contributed by atoms with Crippen molar-refractivity contribution in [2.45, 2.75) is 25.6 Å². The van der Waals surface area contributed by atoms with Crippen LogP contribution < -0.4 is 15.2 Å². The largest absolute Gasteiger partial charge is 0.486 e. The van der Waals surface area contributed by atoms with E-state index in [1.165, 1.54) is 0 Å². The molecule has 1 aliphatic heterocycles. The molecular weight excluding hydrogens is 288 g/mol. The van der Waals surface area contributed by atoms with E-state index in [4.69, 9.17) is 15.2 Å². The average Bonchev–Trinajstić information content (AvgIpc) is 2.58. The lowest BCUT2D eigenvalue weighted by Crippen LogP contribution is -2.35. The van der Waals surface area contributed by atoms with Crippen molar-refractivity contribution in [3.8, 4) is 11.5 Å². The predicted octanol–water partition coefficient (Wildman–Crippen LogP) is 3.32. The van der Waals surface area contributed by atoms with E-state index in [-0.39, 0.29) is 6.10 Å². The van der Waals surface area contributed by atoms with Crippen LogP contribution in [0.25, 0.3) is 0 Å². The molecule has 3 rings (SSSR count). The van der Waals surface area contributed by atoms with Crippen LogP contribution in [0.15, 0.2) is 48.5 Å². The zero-order valence-electron chi connectivity index (χ0n) is 13.6. The summed E-state index contributed by atoms with van der Waals surface area (Å²) in [5.74, 6) is 1.50. The van der Waals surface area contributed by atoms with Crippen molar-refractivity contribution in [1.29, 1.82) is 0 Å². The van der Waals surface area contributed by atoms with Crippen LogP contribution in [0.3, 0.4) is 0 Å². The van der Waals surface area contributed by atoms with E-state index in [2.05, 4.69) is 11.9 Å². The van der Waals surface area contributed by atoms with Crippen LogP contribution in [0.1, 0.15) is 18.4 Å². The van der Waals surface area contributed by atoms with Gasteiger partial charge < -0.3 is 20.1 Å². The fourth-order valence-electron chi connectivity index (χ4n) is 2.75. The molecule has 0 radical (unpaired) electrons. The fourth-order valence-corrected chi connectivity index (χ4v) is 2.75. The minimum atomic E-state index is 0.244. The Hall–Kier alpha value is -2.20. The van der Waals surface area contributed by atoms with E-state index in [0.29, 0.717) is 18.0 Å². The number of hydrogen-bond donors (Lipinski definition) is 1. The van der Waals surface area contributed by atoms with E-state index < -0.39 is 0 Å². The number of benzene rings is 2. The van der Waals surface area contributed by atoms with Crippen LogP contribution >= 0.6 is 0 Å². The van der Waals surface area contributed by atoms with Crippen molar-refractivity contribution >= 4 is 5.69 Å². The SMILES string of the molecule is CN1CCC(Oc2ccc(N)cc2OCc2ccccc2)CC1. The third-order valence-electron chi connectivity index (χ3n) is 4.16. The Balaban J connectivity index is 1.67. The molecule has 4 heteroatoms. The van der Waals surface area contributed by atoms with Crippen molar-refractivity contribution in [3.63, 3.8) is 0 Å². The van der Waals surface area contributed by atoms with Gasteiger partial charge in [0.05, 0.1) is 0 Å². The van der Waals surface area contributed by atoms with Gasteiger partial charge in [0.1, 0.15) is 12.7 Å². The van der Waals surface area contributed by atoms with Gasteiger partial charge >= 0.3 is 0 Å². The third-order valence-corrected chi connectivity index (χ3v) is 4.16. The van der Waals surface area contributed by atoms with E-state index in [1.54, 1.807) is 0 Å². The molecule has 4 nitrogen and oxygen atoms in total. The number of anilines is 1. The second-order valence-corrected chi connectivity index (χ2v) is 6.10. The second kappa shape index (κ2) is 7.38. The Morgan fingerprint density at radius 2 is 1.78 bits per heavy atom.